The maximum atomic E-state index is 12.4. The molecule has 3 amide bonds. The number of nitrogens with one attached hydrogen (secondary N) is 1. The molecule has 1 aliphatic heterocycles. The van der Waals surface area contributed by atoms with Gasteiger partial charge in [-0.05, 0) is 35.9 Å². The van der Waals surface area contributed by atoms with Crippen LogP contribution in [0, 0.1) is 6.92 Å². The Morgan fingerprint density at radius 2 is 1.81 bits per heavy atom. The van der Waals surface area contributed by atoms with Gasteiger partial charge in [0.25, 0.3) is 0 Å². The van der Waals surface area contributed by atoms with E-state index in [9.17, 15) is 9.59 Å². The van der Waals surface area contributed by atoms with E-state index in [1.54, 1.807) is 16.5 Å². The van der Waals surface area contributed by atoms with Crippen molar-refractivity contribution in [2.45, 2.75) is 26.3 Å². The fourth-order valence-corrected chi connectivity index (χ4v) is 2.91. The summed E-state index contributed by atoms with van der Waals surface area (Å²) in [6.45, 7) is 4.62. The van der Waals surface area contributed by atoms with Crippen molar-refractivity contribution in [1.29, 1.82) is 0 Å². The summed E-state index contributed by atoms with van der Waals surface area (Å²) in [7, 11) is 0. The van der Waals surface area contributed by atoms with Crippen LogP contribution >= 0.6 is 0 Å². The van der Waals surface area contributed by atoms with Gasteiger partial charge in [0.2, 0.25) is 5.91 Å². The van der Waals surface area contributed by atoms with Crippen molar-refractivity contribution in [2.24, 2.45) is 0 Å². The number of carbonyl (C=O) groups is 2. The smallest absolute Gasteiger partial charge is 0.321 e. The largest absolute Gasteiger partial charge is 0.341 e. The number of tetrazole rings is 1. The number of amides is 3. The Kier molecular flexibility index (Phi) is 5.77. The first-order valence-electron chi connectivity index (χ1n) is 8.75. The average Bonchev–Trinajstić information content (AvgIpc) is 2.91. The van der Waals surface area contributed by atoms with E-state index in [1.165, 1.54) is 0 Å². The van der Waals surface area contributed by atoms with Crippen LogP contribution in [-0.4, -0.2) is 68.1 Å². The van der Waals surface area contributed by atoms with Crippen LogP contribution in [0.5, 0.6) is 0 Å². The summed E-state index contributed by atoms with van der Waals surface area (Å²) in [5, 5.41) is 14.1. The Bertz CT molecular complexity index is 747. The van der Waals surface area contributed by atoms with Gasteiger partial charge in [-0.3, -0.25) is 4.79 Å². The van der Waals surface area contributed by atoms with Gasteiger partial charge in [-0.1, -0.05) is 18.2 Å². The lowest BCUT2D eigenvalue weighted by Gasteiger charge is -2.22. The van der Waals surface area contributed by atoms with Gasteiger partial charge in [0.15, 0.2) is 0 Å². The van der Waals surface area contributed by atoms with Crippen molar-refractivity contribution in [3.63, 3.8) is 0 Å². The number of nitrogens with zero attached hydrogens (tertiary/aromatic N) is 6. The van der Waals surface area contributed by atoms with Crippen LogP contribution < -0.4 is 5.32 Å². The zero-order chi connectivity index (χ0) is 18.4. The lowest BCUT2D eigenvalue weighted by molar-refractivity contribution is -0.131. The number of para-hydroxylation sites is 1. The predicted octanol–water partition coefficient (Wildman–Crippen LogP) is 1.14. The predicted molar refractivity (Wildman–Crippen MR) is 95.4 cm³/mol. The number of benzene rings is 1. The van der Waals surface area contributed by atoms with Crippen LogP contribution in [0.15, 0.2) is 30.3 Å². The van der Waals surface area contributed by atoms with Crippen molar-refractivity contribution in [1.82, 2.24) is 30.0 Å². The molecule has 0 radical (unpaired) electrons. The normalized spacial score (nSPS) is 14.8. The molecule has 0 spiro atoms. The van der Waals surface area contributed by atoms with Crippen LogP contribution in [0.3, 0.4) is 0 Å². The monoisotopic (exact) mass is 357 g/mol. The van der Waals surface area contributed by atoms with E-state index in [1.807, 2.05) is 35.2 Å². The number of hydrogen-bond acceptors (Lipinski definition) is 5. The average molecular weight is 357 g/mol. The molecule has 2 aromatic rings. The molecule has 1 aromatic carbocycles. The Labute approximate surface area is 152 Å². The minimum atomic E-state index is -0.130. The first kappa shape index (κ1) is 17.8. The standard InChI is InChI=1S/C17H23N7O2/c1-14-19-20-21-24(14)11-8-16(25)22-9-5-10-23(13-12-22)17(26)18-15-6-3-2-4-7-15/h2-4,6-7H,5,8-13H2,1H3,(H,18,26). The molecule has 0 saturated carbocycles. The molecular formula is C17H23N7O2. The molecule has 2 heterocycles. The zero-order valence-corrected chi connectivity index (χ0v) is 14.8. The van der Waals surface area contributed by atoms with E-state index < -0.39 is 0 Å². The topological polar surface area (TPSA) is 96.2 Å². The van der Waals surface area contributed by atoms with Crippen LogP contribution in [0.1, 0.15) is 18.7 Å². The Morgan fingerprint density at radius 1 is 1.08 bits per heavy atom. The summed E-state index contributed by atoms with van der Waals surface area (Å²) in [6, 6.07) is 9.24. The van der Waals surface area contributed by atoms with Gasteiger partial charge in [-0.15, -0.1) is 5.10 Å². The maximum Gasteiger partial charge on any atom is 0.321 e. The minimum absolute atomic E-state index is 0.0604. The van der Waals surface area contributed by atoms with Crippen molar-refractivity contribution < 1.29 is 9.59 Å². The SMILES string of the molecule is Cc1nnnn1CCC(=O)N1CCCN(C(=O)Nc2ccccc2)CC1. The number of carbonyl (C=O) groups excluding carboxylic acids is 2. The highest BCUT2D eigenvalue weighted by Gasteiger charge is 2.22. The number of anilines is 1. The number of aryl methyl sites for hydroxylation is 2. The second-order valence-electron chi connectivity index (χ2n) is 6.22. The summed E-state index contributed by atoms with van der Waals surface area (Å²) in [5.74, 6) is 0.752. The molecule has 3 rings (SSSR count). The van der Waals surface area contributed by atoms with E-state index in [0.29, 0.717) is 45.0 Å². The second kappa shape index (κ2) is 8.41. The summed E-state index contributed by atoms with van der Waals surface area (Å²) in [6.07, 6.45) is 1.11. The summed E-state index contributed by atoms with van der Waals surface area (Å²) < 4.78 is 1.62. The lowest BCUT2D eigenvalue weighted by Crippen LogP contribution is -2.39. The molecule has 0 aliphatic carbocycles. The van der Waals surface area contributed by atoms with Gasteiger partial charge in [0.1, 0.15) is 5.82 Å². The molecule has 0 bridgehead atoms. The molecule has 26 heavy (non-hydrogen) atoms. The van der Waals surface area contributed by atoms with Crippen LogP contribution in [0.4, 0.5) is 10.5 Å². The van der Waals surface area contributed by atoms with Crippen LogP contribution in [-0.2, 0) is 11.3 Å². The first-order valence-corrected chi connectivity index (χ1v) is 8.75. The number of rotatable bonds is 4. The second-order valence-corrected chi connectivity index (χ2v) is 6.22. The van der Waals surface area contributed by atoms with Gasteiger partial charge >= 0.3 is 6.03 Å². The van der Waals surface area contributed by atoms with Crippen molar-refractivity contribution in [3.05, 3.63) is 36.2 Å². The number of urea groups is 1. The highest BCUT2D eigenvalue weighted by atomic mass is 16.2. The van der Waals surface area contributed by atoms with Gasteiger partial charge in [0.05, 0.1) is 6.54 Å². The molecule has 138 valence electrons. The highest BCUT2D eigenvalue weighted by molar-refractivity contribution is 5.89. The molecule has 1 aliphatic rings. The van der Waals surface area contributed by atoms with Crippen molar-refractivity contribution in [3.8, 4) is 0 Å². The van der Waals surface area contributed by atoms with E-state index in [2.05, 4.69) is 20.8 Å². The number of hydrogen-bond donors (Lipinski definition) is 1. The molecule has 0 atom stereocenters. The quantitative estimate of drug-likeness (QED) is 0.885. The minimum Gasteiger partial charge on any atom is -0.341 e. The van der Waals surface area contributed by atoms with Gasteiger partial charge in [-0.25, -0.2) is 9.48 Å². The molecule has 1 saturated heterocycles. The van der Waals surface area contributed by atoms with Crippen LogP contribution in [0.25, 0.3) is 0 Å². The summed E-state index contributed by atoms with van der Waals surface area (Å²) in [5.41, 5.74) is 0.770. The molecule has 1 aromatic heterocycles. The highest BCUT2D eigenvalue weighted by Crippen LogP contribution is 2.10. The fourth-order valence-electron chi connectivity index (χ4n) is 2.91. The first-order chi connectivity index (χ1) is 12.6. The van der Waals surface area contributed by atoms with Crippen LogP contribution in [0.2, 0.25) is 0 Å². The van der Waals surface area contributed by atoms with E-state index in [-0.39, 0.29) is 11.9 Å². The molecule has 9 heteroatoms. The molecule has 1 N–H and O–H groups in total. The van der Waals surface area contributed by atoms with E-state index in [0.717, 1.165) is 12.1 Å². The Balaban J connectivity index is 1.48. The number of aromatic nitrogens is 4. The molecule has 9 nitrogen and oxygen atoms in total. The van der Waals surface area contributed by atoms with Crippen molar-refractivity contribution in [2.75, 3.05) is 31.5 Å². The molecular weight excluding hydrogens is 334 g/mol. The fraction of sp³-hybridized carbons (Fsp3) is 0.471. The Hall–Kier alpha value is -2.97. The van der Waals surface area contributed by atoms with E-state index >= 15 is 0 Å². The van der Waals surface area contributed by atoms with Gasteiger partial charge in [0, 0.05) is 38.3 Å². The zero-order valence-electron chi connectivity index (χ0n) is 14.8. The molecule has 0 unspecified atom stereocenters. The Morgan fingerprint density at radius 3 is 2.54 bits per heavy atom. The summed E-state index contributed by atoms with van der Waals surface area (Å²) in [4.78, 5) is 28.4. The summed E-state index contributed by atoms with van der Waals surface area (Å²) >= 11 is 0. The van der Waals surface area contributed by atoms with E-state index in [4.69, 9.17) is 0 Å². The van der Waals surface area contributed by atoms with Gasteiger partial charge in [-0.2, -0.15) is 0 Å². The lowest BCUT2D eigenvalue weighted by atomic mass is 10.3. The third kappa shape index (κ3) is 4.56. The third-order valence-corrected chi connectivity index (χ3v) is 4.41. The molecule has 1 fully saturated rings. The van der Waals surface area contributed by atoms with Gasteiger partial charge < -0.3 is 15.1 Å². The van der Waals surface area contributed by atoms with Crippen molar-refractivity contribution >= 4 is 17.6 Å². The third-order valence-electron chi connectivity index (χ3n) is 4.41. The maximum absolute atomic E-state index is 12.4.